The number of nitrogens with two attached hydrogens (primary N) is 1. The Hall–Kier alpha value is -1.55. The van der Waals surface area contributed by atoms with E-state index in [1.807, 2.05) is 31.2 Å². The highest BCUT2D eigenvalue weighted by Crippen LogP contribution is 2.24. The molecule has 0 aliphatic carbocycles. The Bertz CT molecular complexity index is 393. The van der Waals surface area contributed by atoms with Crippen LogP contribution in [0, 0.1) is 0 Å². The molecule has 3 N–H and O–H groups in total. The van der Waals surface area contributed by atoms with Crippen molar-refractivity contribution in [3.8, 4) is 5.75 Å². The van der Waals surface area contributed by atoms with E-state index in [0.717, 1.165) is 0 Å². The molecule has 1 aromatic carbocycles. The van der Waals surface area contributed by atoms with Gasteiger partial charge in [0.25, 0.3) is 5.91 Å². The van der Waals surface area contributed by atoms with Crippen molar-refractivity contribution in [3.63, 3.8) is 0 Å². The van der Waals surface area contributed by atoms with Gasteiger partial charge in [0.2, 0.25) is 0 Å². The van der Waals surface area contributed by atoms with Gasteiger partial charge in [-0.3, -0.25) is 10.2 Å². The molecule has 0 saturated heterocycles. The molecule has 18 heavy (non-hydrogen) atoms. The zero-order chi connectivity index (χ0) is 13.8. The fraction of sp³-hybridized carbons (Fsp3) is 0.500. The second kappa shape index (κ2) is 5.87. The van der Waals surface area contributed by atoms with Crippen molar-refractivity contribution in [2.45, 2.75) is 45.6 Å². The first-order valence-corrected chi connectivity index (χ1v) is 6.16. The van der Waals surface area contributed by atoms with Gasteiger partial charge in [-0.1, -0.05) is 39.8 Å². The van der Waals surface area contributed by atoms with Crippen molar-refractivity contribution >= 4 is 5.91 Å². The highest BCUT2D eigenvalue weighted by atomic mass is 16.5. The summed E-state index contributed by atoms with van der Waals surface area (Å²) in [5.41, 5.74) is 3.44. The Kier molecular flexibility index (Phi) is 4.73. The molecule has 0 fully saturated rings. The fourth-order valence-corrected chi connectivity index (χ4v) is 1.61. The molecule has 0 aromatic heterocycles. The Morgan fingerprint density at radius 3 is 2.28 bits per heavy atom. The van der Waals surface area contributed by atoms with E-state index in [2.05, 4.69) is 26.2 Å². The second-order valence-corrected chi connectivity index (χ2v) is 5.30. The quantitative estimate of drug-likeness (QED) is 0.489. The van der Waals surface area contributed by atoms with E-state index in [4.69, 9.17) is 10.6 Å². The van der Waals surface area contributed by atoms with Crippen LogP contribution in [0.3, 0.4) is 0 Å². The zero-order valence-corrected chi connectivity index (χ0v) is 11.5. The number of hydrazine groups is 1. The first-order valence-electron chi connectivity index (χ1n) is 6.16. The van der Waals surface area contributed by atoms with Gasteiger partial charge in [0.1, 0.15) is 5.75 Å². The lowest BCUT2D eigenvalue weighted by molar-refractivity contribution is -0.128. The molecule has 0 aliphatic heterocycles. The van der Waals surface area contributed by atoms with Crippen LogP contribution in [0.1, 0.15) is 39.7 Å². The average Bonchev–Trinajstić information content (AvgIpc) is 2.34. The van der Waals surface area contributed by atoms with Gasteiger partial charge >= 0.3 is 0 Å². The second-order valence-electron chi connectivity index (χ2n) is 5.30. The predicted octanol–water partition coefficient (Wildman–Crippen LogP) is 2.13. The molecule has 0 heterocycles. The molecule has 4 heteroatoms. The lowest BCUT2D eigenvalue weighted by Crippen LogP contribution is -2.41. The van der Waals surface area contributed by atoms with Gasteiger partial charge in [-0.05, 0) is 29.5 Å². The molecule has 0 bridgehead atoms. The first-order chi connectivity index (χ1) is 8.38. The SMILES string of the molecule is CCC(Oc1ccc(C(C)(C)C)cc1)C(=O)NN. The van der Waals surface area contributed by atoms with E-state index in [1.54, 1.807) is 0 Å². The lowest BCUT2D eigenvalue weighted by Gasteiger charge is -2.20. The summed E-state index contributed by atoms with van der Waals surface area (Å²) in [6, 6.07) is 7.80. The molecule has 0 radical (unpaired) electrons. The van der Waals surface area contributed by atoms with Crippen molar-refractivity contribution in [1.82, 2.24) is 5.43 Å². The zero-order valence-electron chi connectivity index (χ0n) is 11.5. The number of rotatable bonds is 4. The van der Waals surface area contributed by atoms with Crippen LogP contribution in [-0.4, -0.2) is 12.0 Å². The lowest BCUT2D eigenvalue weighted by atomic mass is 9.87. The summed E-state index contributed by atoms with van der Waals surface area (Å²) in [7, 11) is 0. The largest absolute Gasteiger partial charge is 0.481 e. The maximum atomic E-state index is 11.4. The molecule has 1 rings (SSSR count). The monoisotopic (exact) mass is 250 g/mol. The van der Waals surface area contributed by atoms with E-state index in [-0.39, 0.29) is 11.3 Å². The number of hydrogen-bond donors (Lipinski definition) is 2. The first kappa shape index (κ1) is 14.5. The molecule has 1 amide bonds. The van der Waals surface area contributed by atoms with Crippen molar-refractivity contribution < 1.29 is 9.53 Å². The van der Waals surface area contributed by atoms with Crippen LogP contribution < -0.4 is 16.0 Å². The van der Waals surface area contributed by atoms with E-state index < -0.39 is 6.10 Å². The maximum absolute atomic E-state index is 11.4. The normalized spacial score (nSPS) is 12.9. The minimum Gasteiger partial charge on any atom is -0.481 e. The van der Waals surface area contributed by atoms with Gasteiger partial charge < -0.3 is 4.74 Å². The van der Waals surface area contributed by atoms with Crippen molar-refractivity contribution in [3.05, 3.63) is 29.8 Å². The molecule has 1 aromatic rings. The third-order valence-electron chi connectivity index (χ3n) is 2.80. The Morgan fingerprint density at radius 1 is 1.33 bits per heavy atom. The summed E-state index contributed by atoms with van der Waals surface area (Å²) in [5.74, 6) is 5.47. The van der Waals surface area contributed by atoms with Crippen molar-refractivity contribution in [2.75, 3.05) is 0 Å². The summed E-state index contributed by atoms with van der Waals surface area (Å²) in [6.45, 7) is 8.34. The topological polar surface area (TPSA) is 64.3 Å². The average molecular weight is 250 g/mol. The number of carbonyl (C=O) groups excluding carboxylic acids is 1. The van der Waals surface area contributed by atoms with Gasteiger partial charge in [-0.2, -0.15) is 0 Å². The molecule has 4 nitrogen and oxygen atoms in total. The number of ether oxygens (including phenoxy) is 1. The van der Waals surface area contributed by atoms with E-state index >= 15 is 0 Å². The third-order valence-corrected chi connectivity index (χ3v) is 2.80. The van der Waals surface area contributed by atoms with Crippen LogP contribution in [0.5, 0.6) is 5.75 Å². The minimum absolute atomic E-state index is 0.108. The smallest absolute Gasteiger partial charge is 0.274 e. The highest BCUT2D eigenvalue weighted by molar-refractivity contribution is 5.80. The summed E-state index contributed by atoms with van der Waals surface area (Å²) in [5, 5.41) is 0. The molecule has 1 unspecified atom stereocenters. The molecule has 0 saturated carbocycles. The fourth-order valence-electron chi connectivity index (χ4n) is 1.61. The van der Waals surface area contributed by atoms with E-state index in [0.29, 0.717) is 12.2 Å². The van der Waals surface area contributed by atoms with Crippen LogP contribution in [0.2, 0.25) is 0 Å². The Morgan fingerprint density at radius 2 is 1.89 bits per heavy atom. The Labute approximate surface area is 108 Å². The molecule has 0 aliphatic rings. The predicted molar refractivity (Wildman–Crippen MR) is 72.2 cm³/mol. The van der Waals surface area contributed by atoms with Crippen LogP contribution in [-0.2, 0) is 10.2 Å². The number of nitrogens with one attached hydrogen (secondary N) is 1. The van der Waals surface area contributed by atoms with Gasteiger partial charge in [-0.15, -0.1) is 0 Å². The number of benzene rings is 1. The number of amides is 1. The highest BCUT2D eigenvalue weighted by Gasteiger charge is 2.18. The summed E-state index contributed by atoms with van der Waals surface area (Å²) in [6.07, 6.45) is 0.0276. The van der Waals surface area contributed by atoms with Crippen LogP contribution in [0.15, 0.2) is 24.3 Å². The van der Waals surface area contributed by atoms with Crippen LogP contribution >= 0.6 is 0 Å². The van der Waals surface area contributed by atoms with Crippen molar-refractivity contribution in [2.24, 2.45) is 5.84 Å². The number of carbonyl (C=O) groups is 1. The van der Waals surface area contributed by atoms with Crippen molar-refractivity contribution in [1.29, 1.82) is 0 Å². The standard InChI is InChI=1S/C14H22N2O2/c1-5-12(13(17)16-15)18-11-8-6-10(7-9-11)14(2,3)4/h6-9,12H,5,15H2,1-4H3,(H,16,17). The van der Waals surface area contributed by atoms with Gasteiger partial charge in [-0.25, -0.2) is 5.84 Å². The molecular weight excluding hydrogens is 228 g/mol. The summed E-state index contributed by atoms with van der Waals surface area (Å²) >= 11 is 0. The van der Waals surface area contributed by atoms with Crippen LogP contribution in [0.25, 0.3) is 0 Å². The van der Waals surface area contributed by atoms with Gasteiger partial charge in [0.15, 0.2) is 6.10 Å². The van der Waals surface area contributed by atoms with E-state index in [9.17, 15) is 4.79 Å². The molecule has 100 valence electrons. The van der Waals surface area contributed by atoms with Gasteiger partial charge in [0, 0.05) is 0 Å². The molecule has 1 atom stereocenters. The summed E-state index contributed by atoms with van der Waals surface area (Å²) < 4.78 is 5.59. The minimum atomic E-state index is -0.546. The number of hydrogen-bond acceptors (Lipinski definition) is 3. The molecule has 0 spiro atoms. The van der Waals surface area contributed by atoms with Gasteiger partial charge in [0.05, 0.1) is 0 Å². The van der Waals surface area contributed by atoms with E-state index in [1.165, 1.54) is 5.56 Å². The molecular formula is C14H22N2O2. The maximum Gasteiger partial charge on any atom is 0.274 e. The van der Waals surface area contributed by atoms with Crippen LogP contribution in [0.4, 0.5) is 0 Å². The summed E-state index contributed by atoms with van der Waals surface area (Å²) in [4.78, 5) is 11.4. The third kappa shape index (κ3) is 3.74. The Balaban J connectivity index is 2.77.